The van der Waals surface area contributed by atoms with Crippen LogP contribution in [0.15, 0.2) is 23.3 Å². The number of thiocarbonyl (C=S) groups is 1. The van der Waals surface area contributed by atoms with Crippen molar-refractivity contribution in [3.05, 3.63) is 29.6 Å². The number of aromatic nitrogens is 1. The summed E-state index contributed by atoms with van der Waals surface area (Å²) < 4.78 is 37.0. The molecule has 0 saturated heterocycles. The second-order valence-electron chi connectivity index (χ2n) is 2.41. The summed E-state index contributed by atoms with van der Waals surface area (Å²) in [7, 11) is 0. The van der Waals surface area contributed by atoms with E-state index in [4.69, 9.17) is 0 Å². The van der Waals surface area contributed by atoms with Gasteiger partial charge < -0.3 is 0 Å². The minimum Gasteiger partial charge on any atom is -0.266 e. The summed E-state index contributed by atoms with van der Waals surface area (Å²) in [6.07, 6.45) is -3.75. The Hall–Kier alpha value is -1.59. The highest BCUT2D eigenvalue weighted by Gasteiger charge is 2.36. The summed E-state index contributed by atoms with van der Waals surface area (Å²) in [6, 6.07) is 2.19. The van der Waals surface area contributed by atoms with Crippen LogP contribution in [-0.2, 0) is 6.18 Å². The molecule has 1 aromatic heterocycles. The number of isothiocyanates is 1. The molecule has 0 fully saturated rings. The van der Waals surface area contributed by atoms with Crippen LogP contribution in [0.3, 0.4) is 0 Å². The Balaban J connectivity index is 3.30. The fourth-order valence-electron chi connectivity index (χ4n) is 0.905. The van der Waals surface area contributed by atoms with Crippen LogP contribution in [0.25, 0.3) is 0 Å². The molecular weight excluding hydrogens is 229 g/mol. The summed E-state index contributed by atoms with van der Waals surface area (Å²) in [5.41, 5.74) is -1.91. The molecule has 0 spiro atoms. The Kier molecular flexibility index (Phi) is 3.28. The topological polar surface area (TPSA) is 42.3 Å². The van der Waals surface area contributed by atoms with Crippen LogP contribution < -0.4 is 0 Å². The number of nitrogens with zero attached hydrogens (tertiary/aromatic N) is 2. The third kappa shape index (κ3) is 2.68. The molecule has 0 aliphatic rings. The molecule has 0 saturated carbocycles. The molecule has 0 bridgehead atoms. The first kappa shape index (κ1) is 11.5. The van der Waals surface area contributed by atoms with Gasteiger partial charge in [-0.05, 0) is 24.4 Å². The fourth-order valence-corrected chi connectivity index (χ4v) is 0.988. The molecule has 0 N–H and O–H groups in total. The van der Waals surface area contributed by atoms with Gasteiger partial charge >= 0.3 is 6.18 Å². The number of hydrogen-bond donors (Lipinski definition) is 0. The standard InChI is InChI=1S/C8H3F3N2OS/c9-8(10,11)6-5(2-1-3-12-6)7(14)13-4-15/h1-3H. The summed E-state index contributed by atoms with van der Waals surface area (Å²) >= 11 is 4.13. The van der Waals surface area contributed by atoms with Crippen LogP contribution in [0, 0.1) is 0 Å². The van der Waals surface area contributed by atoms with Gasteiger partial charge in [0.1, 0.15) is 0 Å². The van der Waals surface area contributed by atoms with Crippen molar-refractivity contribution >= 4 is 23.3 Å². The molecule has 0 aliphatic carbocycles. The number of pyridine rings is 1. The average molecular weight is 232 g/mol. The number of carbonyl (C=O) groups excluding carboxylic acids is 1. The summed E-state index contributed by atoms with van der Waals surface area (Å²) in [5, 5.41) is 1.71. The third-order valence-corrected chi connectivity index (χ3v) is 1.55. The molecule has 0 aromatic carbocycles. The smallest absolute Gasteiger partial charge is 0.266 e. The summed E-state index contributed by atoms with van der Waals surface area (Å²) in [4.78, 5) is 17.1. The van der Waals surface area contributed by atoms with Crippen LogP contribution in [-0.4, -0.2) is 16.1 Å². The van der Waals surface area contributed by atoms with E-state index in [1.165, 1.54) is 6.07 Å². The molecule has 7 heteroatoms. The molecule has 0 radical (unpaired) electrons. The van der Waals surface area contributed by atoms with Crippen molar-refractivity contribution in [1.29, 1.82) is 0 Å². The molecule has 1 heterocycles. The minimum absolute atomic E-state index is 0.637. The number of rotatable bonds is 1. The zero-order chi connectivity index (χ0) is 11.5. The maximum Gasteiger partial charge on any atom is 0.434 e. The number of hydrogen-bond acceptors (Lipinski definition) is 3. The van der Waals surface area contributed by atoms with Crippen LogP contribution in [0.1, 0.15) is 16.1 Å². The van der Waals surface area contributed by atoms with Gasteiger partial charge in [-0.2, -0.15) is 18.2 Å². The Labute approximate surface area is 87.7 Å². The number of aliphatic imine (C=N–C) groups is 1. The van der Waals surface area contributed by atoms with Crippen molar-refractivity contribution < 1.29 is 18.0 Å². The molecule has 0 atom stereocenters. The molecular formula is C8H3F3N2OS. The van der Waals surface area contributed by atoms with E-state index in [2.05, 4.69) is 22.2 Å². The van der Waals surface area contributed by atoms with Gasteiger partial charge in [0.05, 0.1) is 10.7 Å². The summed E-state index contributed by atoms with van der Waals surface area (Å²) in [6.45, 7) is 0. The Bertz CT molecular complexity index is 438. The van der Waals surface area contributed by atoms with E-state index < -0.39 is 23.3 Å². The number of alkyl halides is 3. The third-order valence-electron chi connectivity index (χ3n) is 1.45. The van der Waals surface area contributed by atoms with Crippen LogP contribution in [0.4, 0.5) is 13.2 Å². The maximum atomic E-state index is 12.3. The number of carbonyl (C=O) groups is 1. The fraction of sp³-hybridized carbons (Fsp3) is 0.125. The summed E-state index contributed by atoms with van der Waals surface area (Å²) in [5.74, 6) is -1.11. The second-order valence-corrected chi connectivity index (χ2v) is 2.59. The SMILES string of the molecule is O=C(N=C=S)c1cccnc1C(F)(F)F. The van der Waals surface area contributed by atoms with E-state index >= 15 is 0 Å². The van der Waals surface area contributed by atoms with Crippen molar-refractivity contribution in [2.45, 2.75) is 6.18 Å². The van der Waals surface area contributed by atoms with E-state index in [9.17, 15) is 18.0 Å². The lowest BCUT2D eigenvalue weighted by atomic mass is 10.2. The van der Waals surface area contributed by atoms with Crippen molar-refractivity contribution in [1.82, 2.24) is 4.98 Å². The second kappa shape index (κ2) is 4.29. The van der Waals surface area contributed by atoms with Crippen molar-refractivity contribution in [2.24, 2.45) is 4.99 Å². The van der Waals surface area contributed by atoms with Gasteiger partial charge in [-0.1, -0.05) is 0 Å². The Morgan fingerprint density at radius 1 is 1.53 bits per heavy atom. The highest BCUT2D eigenvalue weighted by atomic mass is 32.1. The molecule has 1 amide bonds. The minimum atomic E-state index is -4.69. The van der Waals surface area contributed by atoms with Crippen molar-refractivity contribution in [3.8, 4) is 0 Å². The Morgan fingerprint density at radius 3 is 2.73 bits per heavy atom. The number of halogens is 3. The van der Waals surface area contributed by atoms with Crippen molar-refractivity contribution in [2.75, 3.05) is 0 Å². The van der Waals surface area contributed by atoms with E-state index in [1.807, 2.05) is 0 Å². The molecule has 1 rings (SSSR count). The lowest BCUT2D eigenvalue weighted by molar-refractivity contribution is -0.141. The quantitative estimate of drug-likeness (QED) is 0.551. The average Bonchev–Trinajstić information content (AvgIpc) is 2.17. The van der Waals surface area contributed by atoms with Crippen molar-refractivity contribution in [3.63, 3.8) is 0 Å². The van der Waals surface area contributed by atoms with E-state index in [0.29, 0.717) is 0 Å². The molecule has 78 valence electrons. The molecule has 3 nitrogen and oxygen atoms in total. The predicted octanol–water partition coefficient (Wildman–Crippen LogP) is 2.34. The van der Waals surface area contributed by atoms with Gasteiger partial charge in [-0.15, -0.1) is 0 Å². The zero-order valence-corrected chi connectivity index (χ0v) is 7.89. The van der Waals surface area contributed by atoms with E-state index in [-0.39, 0.29) is 0 Å². The van der Waals surface area contributed by atoms with Gasteiger partial charge in [-0.25, -0.2) is 0 Å². The zero-order valence-electron chi connectivity index (χ0n) is 7.08. The van der Waals surface area contributed by atoms with Crippen LogP contribution in [0.2, 0.25) is 0 Å². The number of amides is 1. The predicted molar refractivity (Wildman–Crippen MR) is 48.6 cm³/mol. The first-order chi connectivity index (χ1) is 6.96. The lowest BCUT2D eigenvalue weighted by Gasteiger charge is -2.07. The van der Waals surface area contributed by atoms with Crippen LogP contribution in [0.5, 0.6) is 0 Å². The van der Waals surface area contributed by atoms with Gasteiger partial charge in [0.25, 0.3) is 5.91 Å². The monoisotopic (exact) mass is 232 g/mol. The van der Waals surface area contributed by atoms with Crippen LogP contribution >= 0.6 is 12.2 Å². The highest BCUT2D eigenvalue weighted by Crippen LogP contribution is 2.30. The van der Waals surface area contributed by atoms with E-state index in [0.717, 1.165) is 12.3 Å². The largest absolute Gasteiger partial charge is 0.434 e. The van der Waals surface area contributed by atoms with Gasteiger partial charge in [0.2, 0.25) is 0 Å². The first-order valence-electron chi connectivity index (χ1n) is 3.61. The maximum absolute atomic E-state index is 12.3. The first-order valence-corrected chi connectivity index (χ1v) is 4.02. The lowest BCUT2D eigenvalue weighted by Crippen LogP contribution is -2.14. The Morgan fingerprint density at radius 2 is 2.20 bits per heavy atom. The van der Waals surface area contributed by atoms with Gasteiger partial charge in [0.15, 0.2) is 5.69 Å². The highest BCUT2D eigenvalue weighted by molar-refractivity contribution is 7.78. The molecule has 0 unspecified atom stereocenters. The van der Waals surface area contributed by atoms with E-state index in [1.54, 1.807) is 5.16 Å². The van der Waals surface area contributed by atoms with Gasteiger partial charge in [-0.3, -0.25) is 9.78 Å². The van der Waals surface area contributed by atoms with Gasteiger partial charge in [0, 0.05) is 6.20 Å². The molecule has 0 aliphatic heterocycles. The normalized spacial score (nSPS) is 10.6. The molecule has 15 heavy (non-hydrogen) atoms. The molecule has 1 aromatic rings.